The van der Waals surface area contributed by atoms with Crippen molar-refractivity contribution in [2.75, 3.05) is 24.6 Å². The Labute approximate surface area is 105 Å². The van der Waals surface area contributed by atoms with Crippen LogP contribution in [0.1, 0.15) is 18.5 Å². The van der Waals surface area contributed by atoms with Crippen LogP contribution in [0.4, 0.5) is 11.5 Å². The summed E-state index contributed by atoms with van der Waals surface area (Å²) in [5.41, 5.74) is 0.514. The fraction of sp³-hybridized carbons (Fsp3) is 0.727. The topological polar surface area (TPSA) is 84.4 Å². The highest BCUT2D eigenvalue weighted by Crippen LogP contribution is 2.33. The summed E-state index contributed by atoms with van der Waals surface area (Å²) < 4.78 is 1.56. The lowest BCUT2D eigenvalue weighted by Gasteiger charge is -2.32. The number of aromatic nitrogens is 2. The number of nitro groups is 1. The summed E-state index contributed by atoms with van der Waals surface area (Å²) >= 11 is 0. The summed E-state index contributed by atoms with van der Waals surface area (Å²) in [5.74, 6) is 0.740. The molecule has 1 aromatic heterocycles. The Kier molecular flexibility index (Phi) is 3.51. The summed E-state index contributed by atoms with van der Waals surface area (Å²) in [4.78, 5) is 12.7. The van der Waals surface area contributed by atoms with Crippen LogP contribution in [0.2, 0.25) is 0 Å². The first-order chi connectivity index (χ1) is 8.54. The van der Waals surface area contributed by atoms with Crippen LogP contribution in [0.25, 0.3) is 0 Å². The first-order valence-electron chi connectivity index (χ1n) is 6.08. The van der Waals surface area contributed by atoms with Gasteiger partial charge in [-0.25, -0.2) is 4.68 Å². The number of aryl methyl sites for hydroxylation is 2. The Morgan fingerprint density at radius 3 is 2.94 bits per heavy atom. The largest absolute Gasteiger partial charge is 0.396 e. The molecule has 7 nitrogen and oxygen atoms in total. The Morgan fingerprint density at radius 1 is 1.61 bits per heavy atom. The van der Waals surface area contributed by atoms with Gasteiger partial charge in [0.1, 0.15) is 5.69 Å². The van der Waals surface area contributed by atoms with Gasteiger partial charge in [-0.15, -0.1) is 0 Å². The van der Waals surface area contributed by atoms with Crippen LogP contribution in [-0.4, -0.2) is 39.5 Å². The second-order valence-electron chi connectivity index (χ2n) is 4.78. The highest BCUT2D eigenvalue weighted by molar-refractivity contribution is 5.61. The molecule has 1 aliphatic rings. The summed E-state index contributed by atoms with van der Waals surface area (Å²) in [6.07, 6.45) is 1.91. The van der Waals surface area contributed by atoms with E-state index in [1.54, 1.807) is 18.7 Å². The number of anilines is 1. The number of nitrogens with zero attached hydrogens (tertiary/aromatic N) is 4. The molecular formula is C11H18N4O3. The molecule has 7 heteroatoms. The number of piperidine rings is 1. The maximum atomic E-state index is 11.1. The lowest BCUT2D eigenvalue weighted by atomic mass is 9.99. The fourth-order valence-electron chi connectivity index (χ4n) is 2.61. The average Bonchev–Trinajstić information content (AvgIpc) is 2.64. The van der Waals surface area contributed by atoms with Crippen molar-refractivity contribution in [3.63, 3.8) is 0 Å². The summed E-state index contributed by atoms with van der Waals surface area (Å²) in [6, 6.07) is 0. The molecule has 1 aliphatic heterocycles. The van der Waals surface area contributed by atoms with Crippen molar-refractivity contribution in [1.82, 2.24) is 9.78 Å². The van der Waals surface area contributed by atoms with E-state index in [9.17, 15) is 15.2 Å². The zero-order valence-electron chi connectivity index (χ0n) is 10.7. The zero-order valence-corrected chi connectivity index (χ0v) is 10.7. The maximum absolute atomic E-state index is 11.1. The normalized spacial score (nSPS) is 20.2. The molecule has 0 spiro atoms. The highest BCUT2D eigenvalue weighted by Gasteiger charge is 2.31. The van der Waals surface area contributed by atoms with Gasteiger partial charge in [-0.1, -0.05) is 0 Å². The summed E-state index contributed by atoms with van der Waals surface area (Å²) in [5, 5.41) is 24.5. The van der Waals surface area contributed by atoms with Crippen LogP contribution < -0.4 is 4.90 Å². The van der Waals surface area contributed by atoms with Crippen molar-refractivity contribution in [1.29, 1.82) is 0 Å². The van der Waals surface area contributed by atoms with Crippen LogP contribution in [-0.2, 0) is 7.05 Å². The number of aliphatic hydroxyl groups is 1. The van der Waals surface area contributed by atoms with Crippen molar-refractivity contribution in [2.24, 2.45) is 13.0 Å². The predicted molar refractivity (Wildman–Crippen MR) is 66.6 cm³/mol. The van der Waals surface area contributed by atoms with Gasteiger partial charge in [0.15, 0.2) is 0 Å². The molecule has 1 aromatic rings. The van der Waals surface area contributed by atoms with E-state index in [0.29, 0.717) is 18.1 Å². The molecule has 0 saturated carbocycles. The molecule has 18 heavy (non-hydrogen) atoms. The van der Waals surface area contributed by atoms with Crippen molar-refractivity contribution in [3.05, 3.63) is 15.8 Å². The highest BCUT2D eigenvalue weighted by atomic mass is 16.6. The molecule has 1 saturated heterocycles. The first kappa shape index (κ1) is 12.8. The number of hydrogen-bond acceptors (Lipinski definition) is 5. The molecule has 0 amide bonds. The van der Waals surface area contributed by atoms with Gasteiger partial charge in [-0.2, -0.15) is 5.10 Å². The van der Waals surface area contributed by atoms with Crippen molar-refractivity contribution in [2.45, 2.75) is 19.8 Å². The standard InChI is InChI=1S/C11H18N4O3/c1-8-10(15(17)18)11(13(2)12-8)14-5-3-4-9(6-14)7-16/h9,16H,3-7H2,1-2H3. The average molecular weight is 254 g/mol. The summed E-state index contributed by atoms with van der Waals surface area (Å²) in [7, 11) is 1.72. The molecule has 1 fully saturated rings. The molecule has 100 valence electrons. The zero-order chi connectivity index (χ0) is 13.3. The SMILES string of the molecule is Cc1nn(C)c(N2CCCC(CO)C2)c1[N+](=O)[O-]. The molecule has 0 radical (unpaired) electrons. The third-order valence-corrected chi connectivity index (χ3v) is 3.42. The minimum absolute atomic E-state index is 0.0797. The quantitative estimate of drug-likeness (QED) is 0.638. The van der Waals surface area contributed by atoms with Gasteiger partial charge in [-0.05, 0) is 25.7 Å². The fourth-order valence-corrected chi connectivity index (χ4v) is 2.61. The van der Waals surface area contributed by atoms with E-state index in [0.717, 1.165) is 19.4 Å². The first-order valence-corrected chi connectivity index (χ1v) is 6.08. The number of aliphatic hydroxyl groups excluding tert-OH is 1. The van der Waals surface area contributed by atoms with E-state index in [1.165, 1.54) is 0 Å². The molecule has 0 aliphatic carbocycles. The van der Waals surface area contributed by atoms with E-state index < -0.39 is 0 Å². The van der Waals surface area contributed by atoms with Gasteiger partial charge < -0.3 is 10.0 Å². The molecule has 0 aromatic carbocycles. The molecule has 1 atom stereocenters. The Balaban J connectivity index is 2.35. The van der Waals surface area contributed by atoms with E-state index >= 15 is 0 Å². The van der Waals surface area contributed by atoms with Crippen molar-refractivity contribution < 1.29 is 10.0 Å². The smallest absolute Gasteiger partial charge is 0.333 e. The maximum Gasteiger partial charge on any atom is 0.333 e. The Morgan fingerprint density at radius 2 is 2.33 bits per heavy atom. The van der Waals surface area contributed by atoms with Crippen LogP contribution in [0.15, 0.2) is 0 Å². The molecular weight excluding hydrogens is 236 g/mol. The summed E-state index contributed by atoms with van der Waals surface area (Å²) in [6.45, 7) is 3.20. The van der Waals surface area contributed by atoms with E-state index in [1.807, 2.05) is 4.90 Å². The van der Waals surface area contributed by atoms with Gasteiger partial charge in [-0.3, -0.25) is 10.1 Å². The van der Waals surface area contributed by atoms with Crippen LogP contribution >= 0.6 is 0 Å². The van der Waals surface area contributed by atoms with Crippen LogP contribution in [0.5, 0.6) is 0 Å². The second kappa shape index (κ2) is 4.93. The molecule has 0 bridgehead atoms. The van der Waals surface area contributed by atoms with Gasteiger partial charge in [0.25, 0.3) is 0 Å². The van der Waals surface area contributed by atoms with E-state index in [-0.39, 0.29) is 23.1 Å². The van der Waals surface area contributed by atoms with E-state index in [2.05, 4.69) is 5.10 Å². The third-order valence-electron chi connectivity index (χ3n) is 3.42. The molecule has 1 unspecified atom stereocenters. The monoisotopic (exact) mass is 254 g/mol. The lowest BCUT2D eigenvalue weighted by Crippen LogP contribution is -2.38. The predicted octanol–water partition coefficient (Wildman–Crippen LogP) is 0.845. The number of rotatable bonds is 3. The van der Waals surface area contributed by atoms with Gasteiger partial charge >= 0.3 is 5.69 Å². The molecule has 1 N–H and O–H groups in total. The minimum Gasteiger partial charge on any atom is -0.396 e. The van der Waals surface area contributed by atoms with Gasteiger partial charge in [0.2, 0.25) is 5.82 Å². The minimum atomic E-state index is -0.375. The second-order valence-corrected chi connectivity index (χ2v) is 4.78. The third kappa shape index (κ3) is 2.17. The van der Waals surface area contributed by atoms with Gasteiger partial charge in [0, 0.05) is 26.7 Å². The molecule has 2 heterocycles. The Bertz CT molecular complexity index is 457. The van der Waals surface area contributed by atoms with Crippen LogP contribution in [0, 0.1) is 23.0 Å². The molecule has 2 rings (SSSR count). The van der Waals surface area contributed by atoms with Crippen LogP contribution in [0.3, 0.4) is 0 Å². The van der Waals surface area contributed by atoms with Crippen molar-refractivity contribution >= 4 is 11.5 Å². The Hall–Kier alpha value is -1.63. The van der Waals surface area contributed by atoms with Gasteiger partial charge in [0.05, 0.1) is 4.92 Å². The lowest BCUT2D eigenvalue weighted by molar-refractivity contribution is -0.384. The number of hydrogen-bond donors (Lipinski definition) is 1. The van der Waals surface area contributed by atoms with Crippen molar-refractivity contribution in [3.8, 4) is 0 Å². The van der Waals surface area contributed by atoms with E-state index in [4.69, 9.17) is 0 Å².